The topological polar surface area (TPSA) is 109 Å². The van der Waals surface area contributed by atoms with Crippen molar-refractivity contribution < 1.29 is 26.5 Å². The van der Waals surface area contributed by atoms with E-state index >= 15 is 0 Å². The largest absolute Gasteiger partial charge is 0.337 e. The first-order chi connectivity index (χ1) is 13.6. The Kier molecular flexibility index (Phi) is 6.13. The quantitative estimate of drug-likeness (QED) is 0.780. The van der Waals surface area contributed by atoms with Gasteiger partial charge in [-0.25, -0.2) is 26.3 Å². The molecule has 2 amide bonds. The molecule has 1 fully saturated rings. The third-order valence-electron chi connectivity index (χ3n) is 4.66. The summed E-state index contributed by atoms with van der Waals surface area (Å²) in [4.78, 5) is 17.7. The molecule has 2 aromatic rings. The van der Waals surface area contributed by atoms with Crippen LogP contribution in [-0.2, 0) is 16.6 Å². The number of nitrogens with one attached hydrogen (secondary N) is 1. The fourth-order valence-electron chi connectivity index (χ4n) is 3.02. The first kappa shape index (κ1) is 21.1. The van der Waals surface area contributed by atoms with Crippen molar-refractivity contribution >= 4 is 21.7 Å². The Hall–Kier alpha value is -2.60. The number of amides is 2. The molecule has 1 aliphatic rings. The lowest BCUT2D eigenvalue weighted by Gasteiger charge is -2.28. The summed E-state index contributed by atoms with van der Waals surface area (Å²) in [5.41, 5.74) is -0.272. The maximum atomic E-state index is 13.6. The fourth-order valence-corrected chi connectivity index (χ4v) is 3.90. The summed E-state index contributed by atoms with van der Waals surface area (Å²) in [6.07, 6.45) is 2.32. The van der Waals surface area contributed by atoms with E-state index in [0.29, 0.717) is 31.8 Å². The lowest BCUT2D eigenvalue weighted by molar-refractivity contribution is 0.212. The van der Waals surface area contributed by atoms with Gasteiger partial charge in [0.2, 0.25) is 15.9 Å². The summed E-state index contributed by atoms with van der Waals surface area (Å²) < 4.78 is 56.6. The summed E-state index contributed by atoms with van der Waals surface area (Å²) in [5.74, 6) is -0.825. The Labute approximate surface area is 166 Å². The number of hydrogen-bond acceptors (Lipinski definition) is 6. The van der Waals surface area contributed by atoms with Crippen LogP contribution in [0.25, 0.3) is 0 Å². The Morgan fingerprint density at radius 3 is 2.69 bits per heavy atom. The van der Waals surface area contributed by atoms with E-state index in [9.17, 15) is 22.0 Å². The number of carbonyl (C=O) groups is 1. The average Bonchev–Trinajstić information content (AvgIpc) is 3.12. The number of hydrogen-bond donors (Lipinski definition) is 1. The molecule has 1 saturated heterocycles. The highest BCUT2D eigenvalue weighted by Gasteiger charge is 2.28. The van der Waals surface area contributed by atoms with E-state index in [1.807, 2.05) is 0 Å². The molecule has 9 nitrogen and oxygen atoms in total. The highest BCUT2D eigenvalue weighted by atomic mass is 32.2. The van der Waals surface area contributed by atoms with E-state index in [2.05, 4.69) is 15.5 Å². The van der Waals surface area contributed by atoms with Gasteiger partial charge in [0.05, 0.1) is 11.9 Å². The van der Waals surface area contributed by atoms with E-state index in [4.69, 9.17) is 4.52 Å². The third-order valence-corrected chi connectivity index (χ3v) is 5.96. The minimum Gasteiger partial charge on any atom is -0.337 e. The second-order valence-corrected chi connectivity index (χ2v) is 8.88. The van der Waals surface area contributed by atoms with E-state index in [1.54, 1.807) is 0 Å². The van der Waals surface area contributed by atoms with Crippen LogP contribution >= 0.6 is 0 Å². The van der Waals surface area contributed by atoms with Gasteiger partial charge in [-0.1, -0.05) is 5.16 Å². The number of benzene rings is 1. The molecule has 0 spiro atoms. The number of nitrogens with zero attached hydrogens (tertiary/aromatic N) is 4. The van der Waals surface area contributed by atoms with Gasteiger partial charge in [-0.2, -0.15) is 4.98 Å². The van der Waals surface area contributed by atoms with Gasteiger partial charge in [-0.3, -0.25) is 0 Å². The standard InChI is InChI=1S/C17H21F2N5O4S/c1-23(17(25)20-14-9-12(18)3-4-13(14)19)10-15-21-16(22-28-15)11-5-7-24(8-6-11)29(2,26)27/h3-4,9,11H,5-8,10H2,1-2H3,(H,20,25). The Morgan fingerprint density at radius 1 is 1.34 bits per heavy atom. The van der Waals surface area contributed by atoms with Crippen molar-refractivity contribution in [2.24, 2.45) is 0 Å². The molecular formula is C17H21F2N5O4S. The highest BCUT2D eigenvalue weighted by Crippen LogP contribution is 2.27. The van der Waals surface area contributed by atoms with Crippen LogP contribution in [0.15, 0.2) is 22.7 Å². The molecule has 0 atom stereocenters. The number of aromatic nitrogens is 2. The number of piperidine rings is 1. The molecule has 0 unspecified atom stereocenters. The van der Waals surface area contributed by atoms with Gasteiger partial charge in [0.15, 0.2) is 5.82 Å². The summed E-state index contributed by atoms with van der Waals surface area (Å²) >= 11 is 0. The molecule has 0 bridgehead atoms. The Bertz CT molecular complexity index is 989. The molecule has 2 heterocycles. The van der Waals surface area contributed by atoms with Crippen LogP contribution in [0, 0.1) is 11.6 Å². The summed E-state index contributed by atoms with van der Waals surface area (Å²) in [7, 11) is -1.77. The maximum absolute atomic E-state index is 13.6. The van der Waals surface area contributed by atoms with E-state index < -0.39 is 27.7 Å². The van der Waals surface area contributed by atoms with Crippen LogP contribution in [0.4, 0.5) is 19.3 Å². The molecule has 0 aliphatic carbocycles. The zero-order valence-corrected chi connectivity index (χ0v) is 16.7. The molecule has 29 heavy (non-hydrogen) atoms. The number of carbonyl (C=O) groups excluding carboxylic acids is 1. The first-order valence-corrected chi connectivity index (χ1v) is 10.7. The molecule has 1 aliphatic heterocycles. The van der Waals surface area contributed by atoms with Gasteiger partial charge in [-0.15, -0.1) is 0 Å². The van der Waals surface area contributed by atoms with Crippen LogP contribution in [0.5, 0.6) is 0 Å². The monoisotopic (exact) mass is 429 g/mol. The molecule has 158 valence electrons. The lowest BCUT2D eigenvalue weighted by Crippen LogP contribution is -2.37. The second-order valence-electron chi connectivity index (χ2n) is 6.89. The Balaban J connectivity index is 1.57. The van der Waals surface area contributed by atoms with Crippen LogP contribution < -0.4 is 5.32 Å². The molecule has 0 radical (unpaired) electrons. The van der Waals surface area contributed by atoms with E-state index in [-0.39, 0.29) is 24.0 Å². The van der Waals surface area contributed by atoms with Gasteiger partial charge < -0.3 is 14.7 Å². The number of urea groups is 1. The van der Waals surface area contributed by atoms with E-state index in [1.165, 1.54) is 22.5 Å². The number of halogens is 2. The predicted molar refractivity (Wildman–Crippen MR) is 99.5 cm³/mol. The molecule has 12 heteroatoms. The minimum atomic E-state index is -3.22. The molecule has 3 rings (SSSR count). The molecule has 1 N–H and O–H groups in total. The van der Waals surface area contributed by atoms with Gasteiger partial charge in [0, 0.05) is 32.1 Å². The smallest absolute Gasteiger partial charge is 0.322 e. The maximum Gasteiger partial charge on any atom is 0.322 e. The zero-order valence-electron chi connectivity index (χ0n) is 15.9. The summed E-state index contributed by atoms with van der Waals surface area (Å²) in [6, 6.07) is 2.09. The number of anilines is 1. The van der Waals surface area contributed by atoms with Crippen molar-refractivity contribution in [2.45, 2.75) is 25.3 Å². The van der Waals surface area contributed by atoms with Gasteiger partial charge in [-0.05, 0) is 25.0 Å². The van der Waals surface area contributed by atoms with Gasteiger partial charge >= 0.3 is 6.03 Å². The minimum absolute atomic E-state index is 0.0298. The first-order valence-electron chi connectivity index (χ1n) is 8.88. The lowest BCUT2D eigenvalue weighted by atomic mass is 9.98. The van der Waals surface area contributed by atoms with Gasteiger partial charge in [0.25, 0.3) is 0 Å². The van der Waals surface area contributed by atoms with Crippen molar-refractivity contribution in [3.8, 4) is 0 Å². The van der Waals surface area contributed by atoms with Crippen LogP contribution in [0.1, 0.15) is 30.5 Å². The second kappa shape index (κ2) is 8.41. The third kappa shape index (κ3) is 5.26. The Morgan fingerprint density at radius 2 is 2.03 bits per heavy atom. The van der Waals surface area contributed by atoms with Crippen molar-refractivity contribution in [2.75, 3.05) is 31.7 Å². The summed E-state index contributed by atoms with van der Waals surface area (Å²) in [6.45, 7) is 0.738. The van der Waals surface area contributed by atoms with Gasteiger partial charge in [0.1, 0.15) is 18.2 Å². The van der Waals surface area contributed by atoms with Crippen LogP contribution in [0.3, 0.4) is 0 Å². The molecule has 1 aromatic heterocycles. The number of rotatable bonds is 5. The van der Waals surface area contributed by atoms with Crippen LogP contribution in [0.2, 0.25) is 0 Å². The predicted octanol–water partition coefficient (Wildman–Crippen LogP) is 2.15. The van der Waals surface area contributed by atoms with Crippen molar-refractivity contribution in [1.29, 1.82) is 0 Å². The van der Waals surface area contributed by atoms with Crippen molar-refractivity contribution in [3.05, 3.63) is 41.5 Å². The average molecular weight is 429 g/mol. The molecule has 1 aromatic carbocycles. The normalized spacial score (nSPS) is 16.0. The summed E-state index contributed by atoms with van der Waals surface area (Å²) in [5, 5.41) is 6.21. The molecule has 0 saturated carbocycles. The molecular weight excluding hydrogens is 408 g/mol. The highest BCUT2D eigenvalue weighted by molar-refractivity contribution is 7.88. The van der Waals surface area contributed by atoms with Crippen molar-refractivity contribution in [3.63, 3.8) is 0 Å². The van der Waals surface area contributed by atoms with Crippen LogP contribution in [-0.4, -0.2) is 60.2 Å². The SMILES string of the molecule is CN(Cc1nc(C2CCN(S(C)(=O)=O)CC2)no1)C(=O)Nc1cc(F)ccc1F. The van der Waals surface area contributed by atoms with E-state index in [0.717, 1.165) is 18.2 Å². The number of sulfonamides is 1. The van der Waals surface area contributed by atoms with Crippen molar-refractivity contribution in [1.82, 2.24) is 19.3 Å². The fraction of sp³-hybridized carbons (Fsp3) is 0.471. The zero-order chi connectivity index (χ0) is 21.2.